The minimum Gasteiger partial charge on any atom is -0.363 e. The Bertz CT molecular complexity index is 1260. The molecule has 45 heavy (non-hydrogen) atoms. The number of amides is 5. The Labute approximate surface area is 267 Å². The second-order valence-electron chi connectivity index (χ2n) is 14.9. The predicted octanol–water partition coefficient (Wildman–Crippen LogP) is 1.26. The van der Waals surface area contributed by atoms with Crippen LogP contribution < -0.4 is 21.7 Å². The van der Waals surface area contributed by atoms with E-state index in [-0.39, 0.29) is 29.5 Å². The molecule has 2 saturated heterocycles. The smallest absolute Gasteiger partial charge is 0.315 e. The van der Waals surface area contributed by atoms with Gasteiger partial charge in [-0.15, -0.1) is 0 Å². The Morgan fingerprint density at radius 2 is 1.58 bits per heavy atom. The fraction of sp³-hybridized carbons (Fsp3) is 0.839. The van der Waals surface area contributed by atoms with E-state index in [9.17, 15) is 32.4 Å². The number of hydrogen-bond donors (Lipinski definition) is 4. The zero-order valence-electron chi connectivity index (χ0n) is 27.3. The number of carbonyl (C=O) groups excluding carboxylic acids is 5. The quantitative estimate of drug-likeness (QED) is 0.228. The molecule has 4 fully saturated rings. The molecule has 4 aliphatic rings. The molecule has 2 saturated carbocycles. The van der Waals surface area contributed by atoms with Crippen molar-refractivity contribution < 1.29 is 32.4 Å². The number of likely N-dealkylation sites (tertiary alicyclic amines) is 1. The Kier molecular flexibility index (Phi) is 10.9. The van der Waals surface area contributed by atoms with Crippen molar-refractivity contribution >= 4 is 39.6 Å². The number of nitrogens with zero attached hydrogens (tertiary/aromatic N) is 2. The highest BCUT2D eigenvalue weighted by Crippen LogP contribution is 2.35. The van der Waals surface area contributed by atoms with E-state index in [1.165, 1.54) is 9.21 Å². The van der Waals surface area contributed by atoms with E-state index in [4.69, 9.17) is 5.73 Å². The van der Waals surface area contributed by atoms with Crippen molar-refractivity contribution in [1.29, 1.82) is 0 Å². The minimum absolute atomic E-state index is 0.0426. The Balaban J connectivity index is 1.47. The number of nitrogens with two attached hydrogens (primary N) is 1. The lowest BCUT2D eigenvalue weighted by Crippen LogP contribution is -2.62. The van der Waals surface area contributed by atoms with E-state index in [0.29, 0.717) is 51.6 Å². The number of piperidine rings is 1. The van der Waals surface area contributed by atoms with Gasteiger partial charge in [-0.05, 0) is 61.7 Å². The van der Waals surface area contributed by atoms with Gasteiger partial charge in [0, 0.05) is 25.7 Å². The highest BCUT2D eigenvalue weighted by atomic mass is 32.2. The molecule has 0 radical (unpaired) electrons. The minimum atomic E-state index is -3.36. The summed E-state index contributed by atoms with van der Waals surface area (Å²) in [6.45, 7) is 10.3. The van der Waals surface area contributed by atoms with Crippen LogP contribution in [0.25, 0.3) is 0 Å². The van der Waals surface area contributed by atoms with Crippen molar-refractivity contribution in [2.75, 3.05) is 19.6 Å². The van der Waals surface area contributed by atoms with Gasteiger partial charge in [0.2, 0.25) is 27.6 Å². The molecule has 13 nitrogen and oxygen atoms in total. The molecular formula is C31H52N6O7S. The van der Waals surface area contributed by atoms with E-state index in [1.54, 1.807) is 0 Å². The summed E-state index contributed by atoms with van der Waals surface area (Å²) >= 11 is 0. The van der Waals surface area contributed by atoms with Crippen LogP contribution in [0.15, 0.2) is 0 Å². The summed E-state index contributed by atoms with van der Waals surface area (Å²) in [6, 6.07) is -3.91. The third kappa shape index (κ3) is 8.35. The molecule has 2 aliphatic heterocycles. The van der Waals surface area contributed by atoms with Crippen molar-refractivity contribution in [1.82, 2.24) is 25.2 Å². The number of ketones is 1. The van der Waals surface area contributed by atoms with Gasteiger partial charge in [0.1, 0.15) is 12.1 Å². The SMILES string of the molecule is CC(C)[C@H]1CCN(C(=O)[C@@H](NC(=O)NC2CCCN(S(=O)(=O)C3CC3)C2)C(C)(C)C)[C@@H]1C(=O)NC(CC1CCC1)C(=O)C(N)=O. The van der Waals surface area contributed by atoms with E-state index < -0.39 is 69.1 Å². The molecule has 0 aromatic rings. The molecule has 5 atom stereocenters. The number of rotatable bonds is 12. The molecular weight excluding hydrogens is 600 g/mol. The largest absolute Gasteiger partial charge is 0.363 e. The number of primary amides is 1. The van der Waals surface area contributed by atoms with Crippen molar-refractivity contribution in [3.8, 4) is 0 Å². The van der Waals surface area contributed by atoms with Gasteiger partial charge < -0.3 is 26.6 Å². The number of urea groups is 1. The van der Waals surface area contributed by atoms with Crippen LogP contribution in [0.5, 0.6) is 0 Å². The molecule has 2 aliphatic carbocycles. The zero-order valence-corrected chi connectivity index (χ0v) is 28.2. The van der Waals surface area contributed by atoms with Gasteiger partial charge in [-0.2, -0.15) is 4.31 Å². The van der Waals surface area contributed by atoms with Crippen molar-refractivity contribution in [3.05, 3.63) is 0 Å². The molecule has 254 valence electrons. The maximum Gasteiger partial charge on any atom is 0.315 e. The van der Waals surface area contributed by atoms with Gasteiger partial charge >= 0.3 is 6.03 Å². The van der Waals surface area contributed by atoms with Crippen LogP contribution in [0.3, 0.4) is 0 Å². The van der Waals surface area contributed by atoms with Crippen LogP contribution in [0, 0.1) is 23.2 Å². The summed E-state index contributed by atoms with van der Waals surface area (Å²) in [5.41, 5.74) is 4.59. The van der Waals surface area contributed by atoms with Crippen molar-refractivity contribution in [3.63, 3.8) is 0 Å². The fourth-order valence-electron chi connectivity index (χ4n) is 6.86. The summed E-state index contributed by atoms with van der Waals surface area (Å²) < 4.78 is 27.0. The first-order chi connectivity index (χ1) is 21.0. The number of nitrogens with one attached hydrogen (secondary N) is 3. The highest BCUT2D eigenvalue weighted by Gasteiger charge is 2.48. The third-order valence-corrected chi connectivity index (χ3v) is 12.3. The lowest BCUT2D eigenvalue weighted by atomic mass is 9.80. The summed E-state index contributed by atoms with van der Waals surface area (Å²) in [5.74, 6) is -2.80. The van der Waals surface area contributed by atoms with Gasteiger partial charge in [-0.3, -0.25) is 19.2 Å². The van der Waals surface area contributed by atoms with Crippen LogP contribution >= 0.6 is 0 Å². The maximum atomic E-state index is 14.2. The molecule has 0 bridgehead atoms. The fourth-order valence-corrected chi connectivity index (χ4v) is 8.79. The molecule has 5 amide bonds. The molecule has 14 heteroatoms. The number of carbonyl (C=O) groups is 5. The lowest BCUT2D eigenvalue weighted by molar-refractivity contribution is -0.144. The predicted molar refractivity (Wildman–Crippen MR) is 168 cm³/mol. The topological polar surface area (TPSA) is 188 Å². The summed E-state index contributed by atoms with van der Waals surface area (Å²) in [5, 5.41) is 8.16. The standard InChI is InChI=1S/C31H52N6O7S/c1-18(2)22-13-15-37(24(22)28(40)34-23(25(38)27(32)39)16-19-8-6-9-19)29(41)26(31(3,4)5)35-30(42)33-20-10-7-14-36(17-20)45(43,44)21-11-12-21/h18-24,26H,6-17H2,1-5H3,(H2,32,39)(H,34,40)(H2,33,35,42)/t20?,22-,23?,24+,26-/m1/s1. The first-order valence-electron chi connectivity index (χ1n) is 16.5. The van der Waals surface area contributed by atoms with Gasteiger partial charge in [-0.25, -0.2) is 13.2 Å². The van der Waals surface area contributed by atoms with Crippen LogP contribution in [-0.2, 0) is 29.2 Å². The monoisotopic (exact) mass is 652 g/mol. The van der Waals surface area contributed by atoms with Crippen molar-refractivity contribution in [2.24, 2.45) is 28.9 Å². The van der Waals surface area contributed by atoms with Gasteiger partial charge in [0.05, 0.1) is 11.3 Å². The van der Waals surface area contributed by atoms with Crippen molar-refractivity contribution in [2.45, 2.75) is 122 Å². The zero-order chi connectivity index (χ0) is 33.3. The van der Waals surface area contributed by atoms with Crippen LogP contribution in [0.4, 0.5) is 4.79 Å². The number of Topliss-reactive ketones (excluding diaryl/α,β-unsaturated/α-hetero) is 1. The Morgan fingerprint density at radius 3 is 2.11 bits per heavy atom. The summed E-state index contributed by atoms with van der Waals surface area (Å²) in [6.07, 6.45) is 6.33. The average Bonchev–Trinajstić information content (AvgIpc) is 3.70. The molecule has 0 aromatic heterocycles. The van der Waals surface area contributed by atoms with Crippen LogP contribution in [0.2, 0.25) is 0 Å². The normalized spacial score (nSPS) is 26.1. The third-order valence-electron chi connectivity index (χ3n) is 9.94. The number of sulfonamides is 1. The second-order valence-corrected chi connectivity index (χ2v) is 17.1. The average molecular weight is 653 g/mol. The van der Waals surface area contributed by atoms with Crippen LogP contribution in [-0.4, -0.2) is 96.2 Å². The summed E-state index contributed by atoms with van der Waals surface area (Å²) in [7, 11) is -3.36. The van der Waals surface area contributed by atoms with E-state index in [1.807, 2.05) is 34.6 Å². The second kappa shape index (κ2) is 13.9. The highest BCUT2D eigenvalue weighted by molar-refractivity contribution is 7.90. The number of hydrogen-bond acceptors (Lipinski definition) is 7. The lowest BCUT2D eigenvalue weighted by Gasteiger charge is -2.38. The van der Waals surface area contributed by atoms with Gasteiger partial charge in [0.15, 0.2) is 0 Å². The Morgan fingerprint density at radius 1 is 0.911 bits per heavy atom. The van der Waals surface area contributed by atoms with E-state index in [2.05, 4.69) is 16.0 Å². The first-order valence-corrected chi connectivity index (χ1v) is 18.0. The molecule has 4 rings (SSSR count). The molecule has 0 aromatic carbocycles. The maximum absolute atomic E-state index is 14.2. The first kappa shape index (κ1) is 35.1. The molecule has 2 heterocycles. The molecule has 5 N–H and O–H groups in total. The Hall–Kier alpha value is -2.74. The van der Waals surface area contributed by atoms with E-state index in [0.717, 1.165) is 19.3 Å². The van der Waals surface area contributed by atoms with Gasteiger partial charge in [0.25, 0.3) is 5.91 Å². The van der Waals surface area contributed by atoms with E-state index >= 15 is 0 Å². The molecule has 2 unspecified atom stereocenters. The van der Waals surface area contributed by atoms with Crippen LogP contribution in [0.1, 0.15) is 92.4 Å². The summed E-state index contributed by atoms with van der Waals surface area (Å²) in [4.78, 5) is 67.3. The molecule has 0 spiro atoms. The van der Waals surface area contributed by atoms with Gasteiger partial charge in [-0.1, -0.05) is 53.9 Å².